The predicted molar refractivity (Wildman–Crippen MR) is 77.9 cm³/mol. The Balaban J connectivity index is 2.13. The van der Waals surface area contributed by atoms with Crippen LogP contribution in [0.5, 0.6) is 0 Å². The van der Waals surface area contributed by atoms with Gasteiger partial charge in [-0.25, -0.2) is 0 Å². The van der Waals surface area contributed by atoms with Crippen LogP contribution in [0.25, 0.3) is 0 Å². The van der Waals surface area contributed by atoms with Gasteiger partial charge in [-0.05, 0) is 38.6 Å². The van der Waals surface area contributed by atoms with E-state index >= 15 is 0 Å². The Bertz CT molecular complexity index is 247. The molecule has 1 fully saturated rings. The molecule has 1 aliphatic rings. The first-order chi connectivity index (χ1) is 7.93. The van der Waals surface area contributed by atoms with Gasteiger partial charge >= 0.3 is 0 Å². The fourth-order valence-electron chi connectivity index (χ4n) is 2.12. The van der Waals surface area contributed by atoms with E-state index in [-0.39, 0.29) is 5.41 Å². The number of unbranched alkanes of at least 4 members (excludes halogenated alkanes) is 1. The van der Waals surface area contributed by atoms with Crippen LogP contribution < -0.4 is 5.73 Å². The Morgan fingerprint density at radius 3 is 2.71 bits per heavy atom. The van der Waals surface area contributed by atoms with Crippen LogP contribution in [0.1, 0.15) is 39.5 Å². The van der Waals surface area contributed by atoms with E-state index in [1.807, 2.05) is 0 Å². The molecule has 4 heteroatoms. The van der Waals surface area contributed by atoms with Crippen molar-refractivity contribution < 1.29 is 0 Å². The highest BCUT2D eigenvalue weighted by molar-refractivity contribution is 7.99. The molecule has 1 unspecified atom stereocenters. The van der Waals surface area contributed by atoms with E-state index in [4.69, 9.17) is 11.1 Å². The molecule has 17 heavy (non-hydrogen) atoms. The molecule has 1 aliphatic heterocycles. The average Bonchev–Trinajstić information content (AvgIpc) is 2.77. The third kappa shape index (κ3) is 4.88. The lowest BCUT2D eigenvalue weighted by molar-refractivity contribution is 0.253. The van der Waals surface area contributed by atoms with Gasteiger partial charge in [0, 0.05) is 17.2 Å². The molecule has 1 heterocycles. The number of hydrogen-bond acceptors (Lipinski definition) is 3. The average molecular weight is 257 g/mol. The van der Waals surface area contributed by atoms with Crippen LogP contribution in [-0.2, 0) is 0 Å². The number of hydrogen-bond donors (Lipinski definition) is 2. The molecule has 0 saturated carbocycles. The molecule has 3 N–H and O–H groups in total. The number of nitrogens with two attached hydrogens (primary N) is 1. The Morgan fingerprint density at radius 2 is 2.18 bits per heavy atom. The summed E-state index contributed by atoms with van der Waals surface area (Å²) in [5.41, 5.74) is 5.46. The van der Waals surface area contributed by atoms with Crippen molar-refractivity contribution in [3.8, 4) is 0 Å². The Kier molecular flexibility index (Phi) is 5.80. The number of amidine groups is 1. The standard InChI is InChI=1S/C13H27N3S/c1-13(2,12(14)15)7-4-5-8-16(3)11-6-9-17-10-11/h11H,4-10H2,1-3H3,(H3,14,15). The van der Waals surface area contributed by atoms with Crippen LogP contribution in [0.4, 0.5) is 0 Å². The second-order valence-electron chi connectivity index (χ2n) is 5.75. The Hall–Kier alpha value is -0.220. The number of nitrogens with zero attached hydrogens (tertiary/aromatic N) is 1. The van der Waals surface area contributed by atoms with Gasteiger partial charge in [0.25, 0.3) is 0 Å². The molecule has 0 aromatic carbocycles. The lowest BCUT2D eigenvalue weighted by atomic mass is 9.86. The third-order valence-corrected chi connectivity index (χ3v) is 4.97. The second-order valence-corrected chi connectivity index (χ2v) is 6.90. The minimum absolute atomic E-state index is 0.123. The summed E-state index contributed by atoms with van der Waals surface area (Å²) in [6, 6.07) is 0.792. The summed E-state index contributed by atoms with van der Waals surface area (Å²) in [4.78, 5) is 2.50. The number of thioether (sulfide) groups is 1. The summed E-state index contributed by atoms with van der Waals surface area (Å²) in [5.74, 6) is 2.94. The van der Waals surface area contributed by atoms with E-state index in [1.54, 1.807) is 0 Å². The molecular formula is C13H27N3S. The summed E-state index contributed by atoms with van der Waals surface area (Å²) in [7, 11) is 2.24. The molecule has 1 atom stereocenters. The minimum Gasteiger partial charge on any atom is -0.387 e. The van der Waals surface area contributed by atoms with Gasteiger partial charge in [0.2, 0.25) is 0 Å². The predicted octanol–water partition coefficient (Wildman–Crippen LogP) is 2.56. The molecule has 0 aliphatic carbocycles. The molecule has 0 aromatic heterocycles. The SMILES string of the molecule is CN(CCCCC(C)(C)C(=N)N)C1CCSC1. The van der Waals surface area contributed by atoms with E-state index in [0.717, 1.165) is 18.9 Å². The lowest BCUT2D eigenvalue weighted by Gasteiger charge is -2.25. The smallest absolute Gasteiger partial charge is 0.0963 e. The summed E-state index contributed by atoms with van der Waals surface area (Å²) >= 11 is 2.07. The van der Waals surface area contributed by atoms with Gasteiger partial charge in [-0.15, -0.1) is 0 Å². The summed E-state index contributed by atoms with van der Waals surface area (Å²) < 4.78 is 0. The molecule has 0 bridgehead atoms. The topological polar surface area (TPSA) is 53.1 Å². The molecule has 100 valence electrons. The first-order valence-electron chi connectivity index (χ1n) is 6.56. The van der Waals surface area contributed by atoms with Gasteiger partial charge in [-0.1, -0.05) is 20.3 Å². The van der Waals surface area contributed by atoms with Crippen LogP contribution in [0.15, 0.2) is 0 Å². The second kappa shape index (κ2) is 6.64. The first kappa shape index (κ1) is 14.8. The highest BCUT2D eigenvalue weighted by Crippen LogP contribution is 2.24. The van der Waals surface area contributed by atoms with E-state index in [9.17, 15) is 0 Å². The van der Waals surface area contributed by atoms with Gasteiger partial charge in [0.05, 0.1) is 5.84 Å². The third-order valence-electron chi connectivity index (χ3n) is 3.82. The zero-order valence-corrected chi connectivity index (χ0v) is 12.3. The van der Waals surface area contributed by atoms with Crippen molar-refractivity contribution >= 4 is 17.6 Å². The van der Waals surface area contributed by atoms with Crippen molar-refractivity contribution in [1.82, 2.24) is 4.90 Å². The molecule has 3 nitrogen and oxygen atoms in total. The van der Waals surface area contributed by atoms with Gasteiger partial charge < -0.3 is 10.6 Å². The lowest BCUT2D eigenvalue weighted by Crippen LogP contribution is -2.33. The van der Waals surface area contributed by atoms with E-state index in [1.165, 1.54) is 30.9 Å². The maximum absolute atomic E-state index is 7.52. The van der Waals surface area contributed by atoms with Crippen molar-refractivity contribution in [2.75, 3.05) is 25.1 Å². The fourth-order valence-corrected chi connectivity index (χ4v) is 3.41. The summed E-state index contributed by atoms with van der Waals surface area (Å²) in [6.07, 6.45) is 4.75. The van der Waals surface area contributed by atoms with Gasteiger partial charge in [0.1, 0.15) is 0 Å². The van der Waals surface area contributed by atoms with Gasteiger partial charge in [-0.2, -0.15) is 11.8 Å². The van der Waals surface area contributed by atoms with Gasteiger partial charge in [0.15, 0.2) is 0 Å². The van der Waals surface area contributed by atoms with E-state index < -0.39 is 0 Å². The summed E-state index contributed by atoms with van der Waals surface area (Å²) in [5, 5.41) is 7.52. The number of rotatable bonds is 7. The van der Waals surface area contributed by atoms with Crippen LogP contribution in [0.3, 0.4) is 0 Å². The van der Waals surface area contributed by atoms with Crippen molar-refractivity contribution in [3.63, 3.8) is 0 Å². The first-order valence-corrected chi connectivity index (χ1v) is 7.71. The molecule has 0 spiro atoms. The number of nitrogens with one attached hydrogen (secondary N) is 1. The fraction of sp³-hybridized carbons (Fsp3) is 0.923. The molecule has 1 saturated heterocycles. The zero-order chi connectivity index (χ0) is 12.9. The van der Waals surface area contributed by atoms with Crippen LogP contribution in [0, 0.1) is 10.8 Å². The maximum Gasteiger partial charge on any atom is 0.0963 e. The van der Waals surface area contributed by atoms with Gasteiger partial charge in [-0.3, -0.25) is 5.41 Å². The van der Waals surface area contributed by atoms with E-state index in [0.29, 0.717) is 5.84 Å². The van der Waals surface area contributed by atoms with Crippen LogP contribution in [0.2, 0.25) is 0 Å². The van der Waals surface area contributed by atoms with Crippen LogP contribution >= 0.6 is 11.8 Å². The highest BCUT2D eigenvalue weighted by Gasteiger charge is 2.22. The molecular weight excluding hydrogens is 230 g/mol. The minimum atomic E-state index is -0.123. The quantitative estimate of drug-likeness (QED) is 0.419. The van der Waals surface area contributed by atoms with E-state index in [2.05, 4.69) is 37.6 Å². The van der Waals surface area contributed by atoms with Crippen molar-refractivity contribution in [1.29, 1.82) is 5.41 Å². The largest absolute Gasteiger partial charge is 0.387 e. The Morgan fingerprint density at radius 1 is 1.47 bits per heavy atom. The molecule has 0 amide bonds. The van der Waals surface area contributed by atoms with Crippen molar-refractivity contribution in [2.45, 2.75) is 45.6 Å². The monoisotopic (exact) mass is 257 g/mol. The van der Waals surface area contributed by atoms with Crippen molar-refractivity contribution in [3.05, 3.63) is 0 Å². The normalized spacial score (nSPS) is 21.1. The molecule has 0 radical (unpaired) electrons. The van der Waals surface area contributed by atoms with Crippen molar-refractivity contribution in [2.24, 2.45) is 11.1 Å². The zero-order valence-electron chi connectivity index (χ0n) is 11.5. The maximum atomic E-state index is 7.52. The molecule has 1 rings (SSSR count). The highest BCUT2D eigenvalue weighted by atomic mass is 32.2. The Labute approximate surface area is 110 Å². The van der Waals surface area contributed by atoms with Crippen LogP contribution in [-0.4, -0.2) is 41.9 Å². The molecule has 0 aromatic rings. The summed E-state index contributed by atoms with van der Waals surface area (Å²) in [6.45, 7) is 5.30.